The fourth-order valence-corrected chi connectivity index (χ4v) is 3.48. The molecule has 1 aliphatic heterocycles. The van der Waals surface area contributed by atoms with Crippen molar-refractivity contribution >= 4 is 10.0 Å². The summed E-state index contributed by atoms with van der Waals surface area (Å²) < 4.78 is 43.5. The summed E-state index contributed by atoms with van der Waals surface area (Å²) in [5, 5.41) is 7.75. The van der Waals surface area contributed by atoms with Crippen molar-refractivity contribution in [2.75, 3.05) is 6.79 Å². The van der Waals surface area contributed by atoms with Gasteiger partial charge in [-0.25, -0.2) is 13.1 Å². The van der Waals surface area contributed by atoms with Crippen molar-refractivity contribution in [2.45, 2.75) is 24.8 Å². The maximum atomic E-state index is 12.5. The first-order valence-corrected chi connectivity index (χ1v) is 9.43. The summed E-state index contributed by atoms with van der Waals surface area (Å²) in [4.78, 5) is 2.93. The van der Waals surface area contributed by atoms with Crippen LogP contribution in [0, 0.1) is 0 Å². The molecule has 0 fully saturated rings. The van der Waals surface area contributed by atoms with Crippen molar-refractivity contribution in [1.29, 1.82) is 0 Å². The Morgan fingerprint density at radius 3 is 2.85 bits per heavy atom. The predicted molar refractivity (Wildman–Crippen MR) is 90.1 cm³/mol. The topological polar surface area (TPSA) is 119 Å². The molecular weight excluding hydrogens is 360 g/mol. The van der Waals surface area contributed by atoms with E-state index < -0.39 is 10.0 Å². The van der Waals surface area contributed by atoms with Crippen molar-refractivity contribution in [2.24, 2.45) is 0 Å². The first-order chi connectivity index (χ1) is 12.5. The lowest BCUT2D eigenvalue weighted by molar-refractivity contribution is 0.174. The van der Waals surface area contributed by atoms with Gasteiger partial charge in [0.25, 0.3) is 5.89 Å². The summed E-state index contributed by atoms with van der Waals surface area (Å²) in [5.74, 6) is 1.99. The summed E-state index contributed by atoms with van der Waals surface area (Å²) in [6.07, 6.45) is 1.99. The lowest BCUT2D eigenvalue weighted by Gasteiger charge is -2.06. The van der Waals surface area contributed by atoms with Crippen LogP contribution in [0.25, 0.3) is 11.6 Å². The number of aromatic nitrogens is 3. The van der Waals surface area contributed by atoms with E-state index in [2.05, 4.69) is 19.9 Å². The molecule has 4 rings (SSSR count). The highest BCUT2D eigenvalue weighted by atomic mass is 32.2. The van der Waals surface area contributed by atoms with E-state index in [0.29, 0.717) is 29.5 Å². The van der Waals surface area contributed by atoms with Crippen LogP contribution in [0.4, 0.5) is 0 Å². The van der Waals surface area contributed by atoms with Crippen molar-refractivity contribution in [3.8, 4) is 23.1 Å². The fraction of sp³-hybridized carbons (Fsp3) is 0.250. The number of ether oxygens (including phenoxy) is 2. The fourth-order valence-electron chi connectivity index (χ4n) is 2.47. The van der Waals surface area contributed by atoms with Gasteiger partial charge in [-0.05, 0) is 23.8 Å². The standard InChI is InChI=1S/C16H16N4O5S/c1-2-15-19-20-16(25-15)12-6-11(8-17-12)26(21,22)18-7-10-3-4-13-14(5-10)24-9-23-13/h3-6,8,17-18H,2,7,9H2,1H3. The van der Waals surface area contributed by atoms with Gasteiger partial charge in [0.15, 0.2) is 11.5 Å². The average Bonchev–Trinajstić information content (AvgIpc) is 3.38. The second kappa shape index (κ2) is 6.46. The lowest BCUT2D eigenvalue weighted by Crippen LogP contribution is -2.22. The van der Waals surface area contributed by atoms with Crippen LogP contribution in [-0.4, -0.2) is 30.4 Å². The number of hydrogen-bond donors (Lipinski definition) is 2. The van der Waals surface area contributed by atoms with Crippen molar-refractivity contribution in [1.82, 2.24) is 19.9 Å². The molecule has 26 heavy (non-hydrogen) atoms. The molecule has 0 unspecified atom stereocenters. The van der Waals surface area contributed by atoms with E-state index in [1.54, 1.807) is 18.2 Å². The van der Waals surface area contributed by atoms with Gasteiger partial charge >= 0.3 is 0 Å². The molecule has 9 nitrogen and oxygen atoms in total. The third kappa shape index (κ3) is 3.16. The maximum Gasteiger partial charge on any atom is 0.264 e. The zero-order chi connectivity index (χ0) is 18.1. The van der Waals surface area contributed by atoms with Crippen LogP contribution in [0.3, 0.4) is 0 Å². The molecular formula is C16H16N4O5S. The number of hydrogen-bond acceptors (Lipinski definition) is 7. The van der Waals surface area contributed by atoms with Crippen molar-refractivity contribution < 1.29 is 22.3 Å². The molecule has 0 bridgehead atoms. The van der Waals surface area contributed by atoms with Gasteiger partial charge in [0.2, 0.25) is 22.7 Å². The minimum Gasteiger partial charge on any atom is -0.454 e. The van der Waals surface area contributed by atoms with E-state index >= 15 is 0 Å². The molecule has 2 N–H and O–H groups in total. The number of rotatable bonds is 6. The molecule has 3 aromatic rings. The third-order valence-electron chi connectivity index (χ3n) is 3.87. The second-order valence-corrected chi connectivity index (χ2v) is 7.38. The zero-order valence-corrected chi connectivity index (χ0v) is 14.7. The van der Waals surface area contributed by atoms with Gasteiger partial charge in [0, 0.05) is 19.2 Å². The molecule has 3 heterocycles. The first kappa shape index (κ1) is 16.6. The summed E-state index contributed by atoms with van der Waals surface area (Å²) in [6, 6.07) is 6.73. The highest BCUT2D eigenvalue weighted by Gasteiger charge is 2.19. The Morgan fingerprint density at radius 2 is 2.04 bits per heavy atom. The van der Waals surface area contributed by atoms with E-state index in [-0.39, 0.29) is 24.1 Å². The minimum absolute atomic E-state index is 0.0875. The summed E-state index contributed by atoms with van der Waals surface area (Å²) >= 11 is 0. The Bertz CT molecular complexity index is 1040. The van der Waals surface area contributed by atoms with Crippen molar-refractivity contribution in [3.05, 3.63) is 41.9 Å². The Kier molecular flexibility index (Phi) is 4.13. The van der Waals surface area contributed by atoms with E-state index in [9.17, 15) is 8.42 Å². The van der Waals surface area contributed by atoms with Crippen molar-refractivity contribution in [3.63, 3.8) is 0 Å². The summed E-state index contributed by atoms with van der Waals surface area (Å²) in [7, 11) is -3.70. The molecule has 136 valence electrons. The summed E-state index contributed by atoms with van der Waals surface area (Å²) in [5.41, 5.74) is 1.21. The molecule has 0 amide bonds. The van der Waals surface area contributed by atoms with Crippen LogP contribution in [0.5, 0.6) is 11.5 Å². The number of sulfonamides is 1. The van der Waals surface area contributed by atoms with Crippen LogP contribution in [0.2, 0.25) is 0 Å². The average molecular weight is 376 g/mol. The van der Waals surface area contributed by atoms with Crippen LogP contribution in [0.15, 0.2) is 39.8 Å². The van der Waals surface area contributed by atoms with Gasteiger partial charge in [-0.15, -0.1) is 10.2 Å². The van der Waals surface area contributed by atoms with Gasteiger partial charge < -0.3 is 18.9 Å². The second-order valence-electron chi connectivity index (χ2n) is 5.62. The number of nitrogens with one attached hydrogen (secondary N) is 2. The maximum absolute atomic E-state index is 12.5. The number of aromatic amines is 1. The number of H-pyrrole nitrogens is 1. The number of fused-ring (bicyclic) bond motifs is 1. The first-order valence-electron chi connectivity index (χ1n) is 7.94. The summed E-state index contributed by atoms with van der Waals surface area (Å²) in [6.45, 7) is 2.19. The molecule has 2 aromatic heterocycles. The largest absolute Gasteiger partial charge is 0.454 e. The molecule has 0 atom stereocenters. The van der Waals surface area contributed by atoms with Crippen LogP contribution in [0.1, 0.15) is 18.4 Å². The molecule has 0 spiro atoms. The van der Waals surface area contributed by atoms with Crippen LogP contribution in [-0.2, 0) is 23.0 Å². The van der Waals surface area contributed by atoms with Gasteiger partial charge in [-0.2, -0.15) is 0 Å². The quantitative estimate of drug-likeness (QED) is 0.673. The monoisotopic (exact) mass is 376 g/mol. The Hall–Kier alpha value is -2.85. The van der Waals surface area contributed by atoms with Gasteiger partial charge in [0.05, 0.1) is 0 Å². The van der Waals surface area contributed by atoms with E-state index in [1.807, 2.05) is 6.92 Å². The Balaban J connectivity index is 1.48. The van der Waals surface area contributed by atoms with Gasteiger partial charge in [0.1, 0.15) is 10.6 Å². The molecule has 1 aliphatic rings. The van der Waals surface area contributed by atoms with Gasteiger partial charge in [-0.1, -0.05) is 13.0 Å². The third-order valence-corrected chi connectivity index (χ3v) is 5.25. The highest BCUT2D eigenvalue weighted by Crippen LogP contribution is 2.32. The van der Waals surface area contributed by atoms with E-state index in [1.165, 1.54) is 12.3 Å². The molecule has 0 radical (unpaired) electrons. The number of benzene rings is 1. The Labute approximate surface area is 149 Å². The number of nitrogens with zero attached hydrogens (tertiary/aromatic N) is 2. The minimum atomic E-state index is -3.70. The molecule has 1 aromatic carbocycles. The molecule has 10 heteroatoms. The molecule has 0 saturated carbocycles. The lowest BCUT2D eigenvalue weighted by atomic mass is 10.2. The van der Waals surface area contributed by atoms with Gasteiger partial charge in [-0.3, -0.25) is 0 Å². The van der Waals surface area contributed by atoms with Crippen LogP contribution >= 0.6 is 0 Å². The van der Waals surface area contributed by atoms with Crippen LogP contribution < -0.4 is 14.2 Å². The molecule has 0 saturated heterocycles. The number of aryl methyl sites for hydroxylation is 1. The highest BCUT2D eigenvalue weighted by molar-refractivity contribution is 7.89. The van der Waals surface area contributed by atoms with E-state index in [4.69, 9.17) is 13.9 Å². The van der Waals surface area contributed by atoms with E-state index in [0.717, 1.165) is 5.56 Å². The SMILES string of the molecule is CCc1nnc(-c2cc(S(=O)(=O)NCc3ccc4c(c3)OCO4)c[nH]2)o1. The normalized spacial score (nSPS) is 13.3. The smallest absolute Gasteiger partial charge is 0.264 e. The molecule has 0 aliphatic carbocycles. The predicted octanol–water partition coefficient (Wildman–Crippen LogP) is 1.83. The zero-order valence-electron chi connectivity index (χ0n) is 13.9. The Morgan fingerprint density at radius 1 is 1.19 bits per heavy atom.